The lowest BCUT2D eigenvalue weighted by molar-refractivity contribution is 0.321. The van der Waals surface area contributed by atoms with Crippen LogP contribution in [0.3, 0.4) is 0 Å². The lowest BCUT2D eigenvalue weighted by Gasteiger charge is -2.24. The van der Waals surface area contributed by atoms with Crippen LogP contribution < -0.4 is 9.64 Å². The van der Waals surface area contributed by atoms with Crippen molar-refractivity contribution in [1.82, 2.24) is 4.98 Å². The van der Waals surface area contributed by atoms with Crippen LogP contribution in [0.5, 0.6) is 5.75 Å². The normalized spacial score (nSPS) is 16.6. The van der Waals surface area contributed by atoms with Gasteiger partial charge in [-0.25, -0.2) is 0 Å². The first-order chi connectivity index (χ1) is 11.1. The highest BCUT2D eigenvalue weighted by molar-refractivity contribution is 5.65. The molecule has 1 saturated heterocycles. The quantitative estimate of drug-likeness (QED) is 0.824. The largest absolute Gasteiger partial charge is 0.491 e. The maximum Gasteiger partial charge on any atom is 0.142 e. The summed E-state index contributed by atoms with van der Waals surface area (Å²) in [5.74, 6) is 0.936. The Balaban J connectivity index is 1.71. The van der Waals surface area contributed by atoms with Crippen molar-refractivity contribution in [2.75, 3.05) is 18.1 Å². The summed E-state index contributed by atoms with van der Waals surface area (Å²) < 4.78 is 6.08. The topological polar surface area (TPSA) is 25.4 Å². The zero-order valence-electron chi connectivity index (χ0n) is 14.2. The molecule has 0 spiro atoms. The number of hydrogen-bond donors (Lipinski definition) is 0. The summed E-state index contributed by atoms with van der Waals surface area (Å²) in [6.07, 6.45) is 3.76. The number of hydrogen-bond acceptors (Lipinski definition) is 3. The average Bonchev–Trinajstić information content (AvgIpc) is 2.88. The summed E-state index contributed by atoms with van der Waals surface area (Å²) in [6, 6.07) is 12.2. The van der Waals surface area contributed by atoms with Crippen LogP contribution >= 0.6 is 0 Å². The van der Waals surface area contributed by atoms with Crippen LogP contribution in [-0.2, 0) is 6.42 Å². The molecule has 1 aliphatic heterocycles. The molecule has 0 aliphatic carbocycles. The Hall–Kier alpha value is -2.03. The molecular formula is C20H24N2O. The number of aryl methyl sites for hydroxylation is 1. The molecule has 23 heavy (non-hydrogen) atoms. The van der Waals surface area contributed by atoms with Gasteiger partial charge in [-0.1, -0.05) is 32.0 Å². The molecule has 120 valence electrons. The number of rotatable bonds is 5. The number of para-hydroxylation sites is 1. The Bertz CT molecular complexity index is 652. The molecule has 2 heterocycles. The van der Waals surface area contributed by atoms with Crippen LogP contribution in [0, 0.1) is 18.9 Å². The minimum atomic E-state index is 0.132. The van der Waals surface area contributed by atoms with E-state index in [0.717, 1.165) is 36.5 Å². The molecule has 1 aromatic carbocycles. The summed E-state index contributed by atoms with van der Waals surface area (Å²) >= 11 is 0. The van der Waals surface area contributed by atoms with Crippen molar-refractivity contribution >= 4 is 5.69 Å². The molecule has 0 atom stereocenters. The van der Waals surface area contributed by atoms with E-state index in [1.165, 1.54) is 5.56 Å². The lowest BCUT2D eigenvalue weighted by Crippen LogP contribution is -2.19. The minimum Gasteiger partial charge on any atom is -0.491 e. The van der Waals surface area contributed by atoms with Gasteiger partial charge in [-0.05, 0) is 42.5 Å². The monoisotopic (exact) mass is 308 g/mol. The van der Waals surface area contributed by atoms with Crippen LogP contribution in [0.15, 0.2) is 42.6 Å². The first-order valence-corrected chi connectivity index (χ1v) is 8.23. The molecule has 0 amide bonds. The van der Waals surface area contributed by atoms with Crippen molar-refractivity contribution < 1.29 is 4.74 Å². The van der Waals surface area contributed by atoms with Gasteiger partial charge in [-0.15, -0.1) is 0 Å². The Labute approximate surface area is 139 Å². The number of pyridine rings is 1. The third kappa shape index (κ3) is 3.84. The molecular weight excluding hydrogens is 284 g/mol. The smallest absolute Gasteiger partial charge is 0.142 e. The Morgan fingerprint density at radius 2 is 2.09 bits per heavy atom. The molecule has 1 fully saturated rings. The number of nitrogens with zero attached hydrogens (tertiary/aromatic N) is 2. The van der Waals surface area contributed by atoms with E-state index in [4.69, 9.17) is 4.74 Å². The predicted molar refractivity (Wildman–Crippen MR) is 93.6 cm³/mol. The van der Waals surface area contributed by atoms with Gasteiger partial charge in [0.25, 0.3) is 0 Å². The van der Waals surface area contributed by atoms with Gasteiger partial charge in [-0.2, -0.15) is 0 Å². The van der Waals surface area contributed by atoms with Gasteiger partial charge in [0.15, 0.2) is 0 Å². The van der Waals surface area contributed by atoms with Crippen LogP contribution in [0.4, 0.5) is 5.69 Å². The van der Waals surface area contributed by atoms with Crippen molar-refractivity contribution in [3.05, 3.63) is 60.4 Å². The summed E-state index contributed by atoms with van der Waals surface area (Å²) in [7, 11) is 0. The average molecular weight is 308 g/mol. The molecule has 1 aromatic heterocycles. The fourth-order valence-electron chi connectivity index (χ4n) is 2.94. The fraction of sp³-hybridized carbons (Fsp3) is 0.400. The zero-order valence-corrected chi connectivity index (χ0v) is 14.2. The highest BCUT2D eigenvalue weighted by atomic mass is 16.5. The second-order valence-electron chi connectivity index (χ2n) is 6.74. The summed E-state index contributed by atoms with van der Waals surface area (Å²) in [4.78, 5) is 6.57. The molecule has 3 nitrogen and oxygen atoms in total. The Morgan fingerprint density at radius 1 is 1.22 bits per heavy atom. The second kappa shape index (κ2) is 6.61. The highest BCUT2D eigenvalue weighted by Crippen LogP contribution is 2.41. The maximum atomic E-state index is 6.08. The van der Waals surface area contributed by atoms with Gasteiger partial charge in [0.1, 0.15) is 5.75 Å². The molecule has 0 saturated carbocycles. The maximum absolute atomic E-state index is 6.08. The number of benzene rings is 1. The van der Waals surface area contributed by atoms with Crippen molar-refractivity contribution in [3.63, 3.8) is 0 Å². The Morgan fingerprint density at radius 3 is 2.78 bits per heavy atom. The van der Waals surface area contributed by atoms with Gasteiger partial charge in [-0.3, -0.25) is 4.98 Å². The minimum absolute atomic E-state index is 0.132. The third-order valence-corrected chi connectivity index (χ3v) is 4.21. The van der Waals surface area contributed by atoms with E-state index in [0.29, 0.717) is 6.61 Å². The number of ether oxygens (including phenoxy) is 1. The van der Waals surface area contributed by atoms with Crippen LogP contribution in [0.1, 0.15) is 31.5 Å². The lowest BCUT2D eigenvalue weighted by atomic mass is 9.93. The van der Waals surface area contributed by atoms with Crippen LogP contribution in [0.25, 0.3) is 0 Å². The van der Waals surface area contributed by atoms with Crippen LogP contribution in [0.2, 0.25) is 0 Å². The number of anilines is 1. The predicted octanol–water partition coefficient (Wildman–Crippen LogP) is 4.29. The summed E-state index contributed by atoms with van der Waals surface area (Å²) in [6.45, 7) is 11.8. The first-order valence-electron chi connectivity index (χ1n) is 8.23. The van der Waals surface area contributed by atoms with E-state index in [2.05, 4.69) is 49.3 Å². The zero-order chi connectivity index (χ0) is 16.3. The summed E-state index contributed by atoms with van der Waals surface area (Å²) in [5, 5.41) is 0. The van der Waals surface area contributed by atoms with Gasteiger partial charge in [0, 0.05) is 24.9 Å². The van der Waals surface area contributed by atoms with Gasteiger partial charge < -0.3 is 9.64 Å². The van der Waals surface area contributed by atoms with Crippen molar-refractivity contribution in [1.29, 1.82) is 0 Å². The first kappa shape index (κ1) is 15.9. The van der Waals surface area contributed by atoms with E-state index in [9.17, 15) is 0 Å². The number of aromatic nitrogens is 1. The molecule has 2 radical (unpaired) electrons. The Kier molecular flexibility index (Phi) is 4.56. The fourth-order valence-corrected chi connectivity index (χ4v) is 2.94. The highest BCUT2D eigenvalue weighted by Gasteiger charge is 2.32. The van der Waals surface area contributed by atoms with E-state index >= 15 is 0 Å². The van der Waals surface area contributed by atoms with Crippen molar-refractivity contribution in [2.45, 2.75) is 33.6 Å². The van der Waals surface area contributed by atoms with Gasteiger partial charge >= 0.3 is 0 Å². The second-order valence-corrected chi connectivity index (χ2v) is 6.74. The standard InChI is InChI=1S/C20H24N2O/c1-16-7-6-9-18(19(16)22-13-11-20(2,3)15-22)23-14-10-17-8-4-5-12-21-17/h4-9,12H,10-11,13-14H2,1-3H3. The molecule has 1 aliphatic rings. The van der Waals surface area contributed by atoms with Crippen LogP contribution in [-0.4, -0.2) is 18.1 Å². The molecule has 2 aromatic rings. The molecule has 0 N–H and O–H groups in total. The van der Waals surface area contributed by atoms with Gasteiger partial charge in [0.05, 0.1) is 18.8 Å². The van der Waals surface area contributed by atoms with E-state index in [-0.39, 0.29) is 5.41 Å². The van der Waals surface area contributed by atoms with Crippen molar-refractivity contribution in [3.8, 4) is 5.75 Å². The molecule has 0 bridgehead atoms. The molecule has 0 unspecified atom stereocenters. The molecule has 3 heteroatoms. The van der Waals surface area contributed by atoms with E-state index < -0.39 is 0 Å². The summed E-state index contributed by atoms with van der Waals surface area (Å²) in [5.41, 5.74) is 3.57. The third-order valence-electron chi connectivity index (χ3n) is 4.21. The SMILES string of the molecule is Cc1cccc(OCCc2ccccn2)c1N1[C]C(C)(C)CC1. The van der Waals surface area contributed by atoms with Gasteiger partial charge in [0.2, 0.25) is 0 Å². The van der Waals surface area contributed by atoms with Crippen molar-refractivity contribution in [2.24, 2.45) is 5.41 Å². The van der Waals surface area contributed by atoms with E-state index in [1.807, 2.05) is 30.5 Å². The van der Waals surface area contributed by atoms with E-state index in [1.54, 1.807) is 0 Å². The molecule has 3 rings (SSSR count).